The van der Waals surface area contributed by atoms with Crippen LogP contribution in [0.15, 0.2) is 34.0 Å². The molecule has 186 valence electrons. The van der Waals surface area contributed by atoms with E-state index in [1.54, 1.807) is 24.4 Å². The number of nitrogens with zero attached hydrogens (tertiary/aromatic N) is 3. The molecular weight excluding hydrogens is 446 g/mol. The number of amides is 1. The molecule has 35 heavy (non-hydrogen) atoms. The molecule has 1 aliphatic carbocycles. The molecule has 0 saturated heterocycles. The van der Waals surface area contributed by atoms with Crippen molar-refractivity contribution in [1.29, 1.82) is 0 Å². The average Bonchev–Trinajstić information content (AvgIpc) is 2.85. The number of aromatic amines is 1. The number of rotatable bonds is 8. The number of H-pyrrole nitrogens is 1. The van der Waals surface area contributed by atoms with Crippen LogP contribution in [-0.2, 0) is 6.54 Å². The molecule has 0 aromatic carbocycles. The Morgan fingerprint density at radius 3 is 2.74 bits per heavy atom. The van der Waals surface area contributed by atoms with Gasteiger partial charge in [0.1, 0.15) is 0 Å². The van der Waals surface area contributed by atoms with Gasteiger partial charge in [-0.2, -0.15) is 0 Å². The zero-order valence-electron chi connectivity index (χ0n) is 20.6. The molecule has 9 heteroatoms. The number of aryl methyl sites for hydroxylation is 1. The second-order valence-corrected chi connectivity index (χ2v) is 9.48. The van der Waals surface area contributed by atoms with Crippen LogP contribution < -0.4 is 21.3 Å². The van der Waals surface area contributed by atoms with Gasteiger partial charge in [0.2, 0.25) is 0 Å². The van der Waals surface area contributed by atoms with Crippen LogP contribution in [0.2, 0.25) is 0 Å². The third-order valence-corrected chi connectivity index (χ3v) is 6.45. The standard InChI is InChI=1S/C26H33N5O4/c1-4-13-31-23-21(25(33)30-26(31)34)18(14-19(28-23)16(2)3)24(32)29-22-20(11-8-12-27-22)35-15-17-9-6-5-7-10-17/h8,11-12,14,16-17H,4-7,9-10,13,15H2,1-3H3,(H,27,29,32)(H,30,33,34). The maximum Gasteiger partial charge on any atom is 0.329 e. The summed E-state index contributed by atoms with van der Waals surface area (Å²) in [4.78, 5) is 50.0. The number of hydrogen-bond donors (Lipinski definition) is 2. The van der Waals surface area contributed by atoms with Gasteiger partial charge in [-0.15, -0.1) is 0 Å². The first-order valence-electron chi connectivity index (χ1n) is 12.5. The Morgan fingerprint density at radius 1 is 1.26 bits per heavy atom. The third kappa shape index (κ3) is 5.44. The molecule has 9 nitrogen and oxygen atoms in total. The second-order valence-electron chi connectivity index (χ2n) is 9.48. The Hall–Kier alpha value is -3.49. The van der Waals surface area contributed by atoms with Gasteiger partial charge in [-0.1, -0.05) is 40.0 Å². The number of hydrogen-bond acceptors (Lipinski definition) is 6. The number of carbonyl (C=O) groups is 1. The zero-order valence-corrected chi connectivity index (χ0v) is 20.6. The lowest BCUT2D eigenvalue weighted by Crippen LogP contribution is -2.32. The van der Waals surface area contributed by atoms with E-state index in [1.807, 2.05) is 20.8 Å². The van der Waals surface area contributed by atoms with Crippen molar-refractivity contribution < 1.29 is 9.53 Å². The normalized spacial score (nSPS) is 14.4. The summed E-state index contributed by atoms with van der Waals surface area (Å²) < 4.78 is 7.47. The minimum atomic E-state index is -0.639. The SMILES string of the molecule is CCCn1c(=O)[nH]c(=O)c2c(C(=O)Nc3ncccc3OCC3CCCCC3)cc(C(C)C)nc21. The molecule has 0 spiro atoms. The number of carbonyl (C=O) groups excluding carboxylic acids is 1. The molecular formula is C26H33N5O4. The molecule has 0 radical (unpaired) electrons. The monoisotopic (exact) mass is 479 g/mol. The quantitative estimate of drug-likeness (QED) is 0.499. The average molecular weight is 480 g/mol. The molecule has 3 aromatic rings. The fraction of sp³-hybridized carbons (Fsp3) is 0.500. The van der Waals surface area contributed by atoms with E-state index in [2.05, 4.69) is 20.3 Å². The highest BCUT2D eigenvalue weighted by Crippen LogP contribution is 2.28. The van der Waals surface area contributed by atoms with Gasteiger partial charge in [0, 0.05) is 18.4 Å². The highest BCUT2D eigenvalue weighted by Gasteiger charge is 2.22. The highest BCUT2D eigenvalue weighted by molar-refractivity contribution is 6.12. The smallest absolute Gasteiger partial charge is 0.329 e. The Kier molecular flexibility index (Phi) is 7.63. The van der Waals surface area contributed by atoms with Crippen LogP contribution in [-0.4, -0.2) is 32.0 Å². The van der Waals surface area contributed by atoms with Gasteiger partial charge in [-0.3, -0.25) is 19.1 Å². The van der Waals surface area contributed by atoms with E-state index in [4.69, 9.17) is 4.74 Å². The summed E-state index contributed by atoms with van der Waals surface area (Å²) in [6.45, 7) is 6.77. The summed E-state index contributed by atoms with van der Waals surface area (Å²) in [5.41, 5.74) is -0.194. The van der Waals surface area contributed by atoms with Crippen molar-refractivity contribution in [3.8, 4) is 5.75 Å². The Morgan fingerprint density at radius 2 is 2.03 bits per heavy atom. The number of ether oxygens (including phenoxy) is 1. The van der Waals surface area contributed by atoms with Gasteiger partial charge in [-0.25, -0.2) is 14.8 Å². The van der Waals surface area contributed by atoms with Gasteiger partial charge < -0.3 is 10.1 Å². The van der Waals surface area contributed by atoms with Crippen LogP contribution >= 0.6 is 0 Å². The predicted molar refractivity (Wildman–Crippen MR) is 135 cm³/mol. The minimum absolute atomic E-state index is 0.0142. The van der Waals surface area contributed by atoms with Crippen molar-refractivity contribution in [3.63, 3.8) is 0 Å². The summed E-state index contributed by atoms with van der Waals surface area (Å²) in [7, 11) is 0. The van der Waals surface area contributed by atoms with Gasteiger partial charge in [-0.05, 0) is 49.3 Å². The fourth-order valence-corrected chi connectivity index (χ4v) is 4.54. The van der Waals surface area contributed by atoms with Crippen molar-refractivity contribution in [2.45, 2.75) is 71.8 Å². The molecule has 1 saturated carbocycles. The zero-order chi connectivity index (χ0) is 24.9. The van der Waals surface area contributed by atoms with Gasteiger partial charge in [0.25, 0.3) is 11.5 Å². The molecule has 0 unspecified atom stereocenters. The van der Waals surface area contributed by atoms with Gasteiger partial charge in [0.05, 0.1) is 17.6 Å². The van der Waals surface area contributed by atoms with Crippen LogP contribution in [0.1, 0.15) is 81.3 Å². The van der Waals surface area contributed by atoms with Crippen molar-refractivity contribution in [2.75, 3.05) is 11.9 Å². The summed E-state index contributed by atoms with van der Waals surface area (Å²) in [5.74, 6) is 0.764. The molecule has 1 fully saturated rings. The van der Waals surface area contributed by atoms with Crippen molar-refractivity contribution >= 4 is 22.8 Å². The maximum atomic E-state index is 13.5. The van der Waals surface area contributed by atoms with Crippen LogP contribution in [0, 0.1) is 5.92 Å². The van der Waals surface area contributed by atoms with Crippen LogP contribution in [0.3, 0.4) is 0 Å². The number of nitrogens with one attached hydrogen (secondary N) is 2. The molecule has 0 bridgehead atoms. The first kappa shape index (κ1) is 24.6. The molecule has 4 rings (SSSR count). The first-order chi connectivity index (χ1) is 16.9. The molecule has 0 atom stereocenters. The molecule has 3 heterocycles. The Bertz CT molecular complexity index is 1320. The van der Waals surface area contributed by atoms with Crippen molar-refractivity contribution in [1.82, 2.24) is 19.5 Å². The van der Waals surface area contributed by atoms with Crippen LogP contribution in [0.4, 0.5) is 5.82 Å². The van der Waals surface area contributed by atoms with Crippen molar-refractivity contribution in [3.05, 3.63) is 56.5 Å². The fourth-order valence-electron chi connectivity index (χ4n) is 4.54. The van der Waals surface area contributed by atoms with E-state index < -0.39 is 17.2 Å². The van der Waals surface area contributed by atoms with E-state index in [1.165, 1.54) is 23.8 Å². The number of pyridine rings is 2. The molecule has 0 aliphatic heterocycles. The summed E-state index contributed by atoms with van der Waals surface area (Å²) in [6, 6.07) is 5.16. The maximum absolute atomic E-state index is 13.5. The molecule has 1 aliphatic rings. The molecule has 1 amide bonds. The van der Waals surface area contributed by atoms with E-state index in [0.29, 0.717) is 42.8 Å². The lowest BCUT2D eigenvalue weighted by Gasteiger charge is -2.22. The second kappa shape index (κ2) is 10.8. The minimum Gasteiger partial charge on any atom is -0.489 e. The van der Waals surface area contributed by atoms with E-state index in [-0.39, 0.29) is 22.5 Å². The van der Waals surface area contributed by atoms with Crippen LogP contribution in [0.5, 0.6) is 5.75 Å². The number of anilines is 1. The topological polar surface area (TPSA) is 119 Å². The summed E-state index contributed by atoms with van der Waals surface area (Å²) >= 11 is 0. The Labute approximate surface area is 204 Å². The molecule has 3 aromatic heterocycles. The van der Waals surface area contributed by atoms with Crippen LogP contribution in [0.25, 0.3) is 11.0 Å². The van der Waals surface area contributed by atoms with Gasteiger partial charge in [0.15, 0.2) is 17.2 Å². The first-order valence-corrected chi connectivity index (χ1v) is 12.5. The van der Waals surface area contributed by atoms with Gasteiger partial charge >= 0.3 is 5.69 Å². The van der Waals surface area contributed by atoms with E-state index in [0.717, 1.165) is 12.8 Å². The predicted octanol–water partition coefficient (Wildman–Crippen LogP) is 4.22. The van der Waals surface area contributed by atoms with Crippen molar-refractivity contribution in [2.24, 2.45) is 5.92 Å². The van der Waals surface area contributed by atoms with E-state index >= 15 is 0 Å². The summed E-state index contributed by atoms with van der Waals surface area (Å²) in [6.07, 6.45) is 8.25. The lowest BCUT2D eigenvalue weighted by molar-refractivity contribution is 0.102. The largest absolute Gasteiger partial charge is 0.489 e. The Balaban J connectivity index is 1.71. The third-order valence-electron chi connectivity index (χ3n) is 6.45. The molecule has 2 N–H and O–H groups in total. The summed E-state index contributed by atoms with van der Waals surface area (Å²) in [5, 5.41) is 2.91. The highest BCUT2D eigenvalue weighted by atomic mass is 16.5. The number of aromatic nitrogens is 4. The lowest BCUT2D eigenvalue weighted by atomic mass is 9.90. The number of fused-ring (bicyclic) bond motifs is 1. The van der Waals surface area contributed by atoms with E-state index in [9.17, 15) is 14.4 Å².